The molecular weight excluding hydrogens is 202 g/mol. The molecule has 76 valence electrons. The molecule has 1 aromatic heterocycles. The predicted octanol–water partition coefficient (Wildman–Crippen LogP) is -0.0836. The van der Waals surface area contributed by atoms with E-state index in [0.717, 1.165) is 0 Å². The number of aromatic nitrogens is 2. The van der Waals surface area contributed by atoms with Crippen LogP contribution in [0.5, 0.6) is 0 Å². The molecule has 2 N–H and O–H groups in total. The number of hydrogen-bond donors (Lipinski definition) is 2. The molecule has 14 heavy (non-hydrogen) atoms. The van der Waals surface area contributed by atoms with Gasteiger partial charge in [0.2, 0.25) is 5.91 Å². The molecule has 0 bridgehead atoms. The van der Waals surface area contributed by atoms with Gasteiger partial charge in [-0.05, 0) is 6.92 Å². The minimum Gasteiger partial charge on any atom is -0.358 e. The second kappa shape index (κ2) is 4.80. The molecule has 0 fully saturated rings. The van der Waals surface area contributed by atoms with E-state index in [1.165, 1.54) is 17.8 Å². The van der Waals surface area contributed by atoms with Crippen LogP contribution in [0, 0.1) is 6.92 Å². The first-order valence-electron chi connectivity index (χ1n) is 4.03. The first kappa shape index (κ1) is 10.8. The molecule has 1 amide bonds. The number of nitrogens with one attached hydrogen (secondary N) is 2. The molecule has 1 heterocycles. The Balaban J connectivity index is 2.68. The fourth-order valence-corrected chi connectivity index (χ4v) is 1.62. The Morgan fingerprint density at radius 2 is 2.43 bits per heavy atom. The van der Waals surface area contributed by atoms with Crippen molar-refractivity contribution in [2.24, 2.45) is 0 Å². The quantitative estimate of drug-likeness (QED) is 0.544. The molecule has 1 aromatic rings. The van der Waals surface area contributed by atoms with E-state index in [0.29, 0.717) is 10.9 Å². The van der Waals surface area contributed by atoms with Gasteiger partial charge in [-0.2, -0.15) is 0 Å². The number of H-pyrrole nitrogens is 1. The lowest BCUT2D eigenvalue weighted by Crippen LogP contribution is -2.20. The molecular formula is C8H11N3O2S. The number of amides is 1. The third-order valence-corrected chi connectivity index (χ3v) is 2.34. The van der Waals surface area contributed by atoms with Crippen molar-refractivity contribution >= 4 is 17.7 Å². The molecule has 0 aromatic carbocycles. The summed E-state index contributed by atoms with van der Waals surface area (Å²) in [5, 5.41) is 2.96. The molecule has 0 saturated heterocycles. The molecule has 0 spiro atoms. The summed E-state index contributed by atoms with van der Waals surface area (Å²) in [5.41, 5.74) is 0.449. The van der Waals surface area contributed by atoms with Gasteiger partial charge < -0.3 is 10.3 Å². The van der Waals surface area contributed by atoms with Crippen LogP contribution < -0.4 is 10.9 Å². The van der Waals surface area contributed by atoms with Gasteiger partial charge in [0.15, 0.2) is 5.16 Å². The average Bonchev–Trinajstić information content (AvgIpc) is 2.12. The van der Waals surface area contributed by atoms with Gasteiger partial charge in [-0.15, -0.1) is 0 Å². The molecule has 0 aliphatic heterocycles. The van der Waals surface area contributed by atoms with Gasteiger partial charge in [0.05, 0.1) is 5.75 Å². The Morgan fingerprint density at radius 1 is 1.71 bits per heavy atom. The zero-order valence-electron chi connectivity index (χ0n) is 7.96. The number of thioether (sulfide) groups is 1. The second-order valence-corrected chi connectivity index (χ2v) is 3.62. The summed E-state index contributed by atoms with van der Waals surface area (Å²) in [6.45, 7) is 1.74. The number of hydrogen-bond acceptors (Lipinski definition) is 4. The number of aryl methyl sites for hydroxylation is 1. The van der Waals surface area contributed by atoms with Crippen LogP contribution in [0.1, 0.15) is 5.69 Å². The van der Waals surface area contributed by atoms with Crippen LogP contribution in [0.2, 0.25) is 0 Å². The fraction of sp³-hybridized carbons (Fsp3) is 0.375. The molecule has 1 rings (SSSR count). The first-order chi connectivity index (χ1) is 6.61. The van der Waals surface area contributed by atoms with Crippen molar-refractivity contribution < 1.29 is 4.79 Å². The minimum absolute atomic E-state index is 0.0980. The van der Waals surface area contributed by atoms with Crippen LogP contribution in [0.25, 0.3) is 0 Å². The van der Waals surface area contributed by atoms with E-state index in [-0.39, 0.29) is 17.2 Å². The van der Waals surface area contributed by atoms with Crippen molar-refractivity contribution in [1.29, 1.82) is 0 Å². The van der Waals surface area contributed by atoms with Crippen molar-refractivity contribution in [2.45, 2.75) is 12.1 Å². The summed E-state index contributed by atoms with van der Waals surface area (Å²) in [7, 11) is 1.56. The van der Waals surface area contributed by atoms with Crippen molar-refractivity contribution in [1.82, 2.24) is 15.3 Å². The topological polar surface area (TPSA) is 74.8 Å². The van der Waals surface area contributed by atoms with Gasteiger partial charge in [-0.1, -0.05) is 11.8 Å². The SMILES string of the molecule is CNC(=O)CSc1nc(C)cc(=O)[nH]1. The van der Waals surface area contributed by atoms with E-state index in [4.69, 9.17) is 0 Å². The summed E-state index contributed by atoms with van der Waals surface area (Å²) in [6.07, 6.45) is 0. The Morgan fingerprint density at radius 3 is 3.00 bits per heavy atom. The van der Waals surface area contributed by atoms with Crippen LogP contribution in [-0.2, 0) is 4.79 Å². The summed E-state index contributed by atoms with van der Waals surface area (Å²) in [4.78, 5) is 28.5. The van der Waals surface area contributed by atoms with E-state index in [9.17, 15) is 9.59 Å². The van der Waals surface area contributed by atoms with E-state index < -0.39 is 0 Å². The van der Waals surface area contributed by atoms with Crippen LogP contribution in [0.3, 0.4) is 0 Å². The van der Waals surface area contributed by atoms with Crippen molar-refractivity contribution in [3.63, 3.8) is 0 Å². The highest BCUT2D eigenvalue weighted by molar-refractivity contribution is 7.99. The van der Waals surface area contributed by atoms with Gasteiger partial charge >= 0.3 is 0 Å². The predicted molar refractivity (Wildman–Crippen MR) is 54.4 cm³/mol. The molecule has 6 heteroatoms. The first-order valence-corrected chi connectivity index (χ1v) is 5.01. The van der Waals surface area contributed by atoms with E-state index in [2.05, 4.69) is 15.3 Å². The number of carbonyl (C=O) groups excluding carboxylic acids is 1. The molecule has 0 aliphatic rings. The van der Waals surface area contributed by atoms with Gasteiger partial charge in [0.25, 0.3) is 5.56 Å². The summed E-state index contributed by atoms with van der Waals surface area (Å²) >= 11 is 1.20. The molecule has 0 radical (unpaired) electrons. The third kappa shape index (κ3) is 3.21. The number of aromatic amines is 1. The number of nitrogens with zero attached hydrogens (tertiary/aromatic N) is 1. The Hall–Kier alpha value is -1.30. The third-order valence-electron chi connectivity index (χ3n) is 1.47. The zero-order valence-corrected chi connectivity index (χ0v) is 8.77. The Kier molecular flexibility index (Phi) is 3.70. The average molecular weight is 213 g/mol. The van der Waals surface area contributed by atoms with Crippen LogP contribution >= 0.6 is 11.8 Å². The van der Waals surface area contributed by atoms with Crippen molar-refractivity contribution in [2.75, 3.05) is 12.8 Å². The maximum Gasteiger partial charge on any atom is 0.251 e. The minimum atomic E-state index is -0.197. The highest BCUT2D eigenvalue weighted by atomic mass is 32.2. The van der Waals surface area contributed by atoms with Crippen molar-refractivity contribution in [3.05, 3.63) is 22.1 Å². The molecule has 5 nitrogen and oxygen atoms in total. The Bertz CT molecular complexity index is 388. The van der Waals surface area contributed by atoms with E-state index in [1.807, 2.05) is 0 Å². The largest absolute Gasteiger partial charge is 0.358 e. The lowest BCUT2D eigenvalue weighted by molar-refractivity contribution is -0.118. The van der Waals surface area contributed by atoms with Gasteiger partial charge in [0.1, 0.15) is 0 Å². The van der Waals surface area contributed by atoms with Gasteiger partial charge in [-0.3, -0.25) is 9.59 Å². The molecule has 0 unspecified atom stereocenters. The number of carbonyl (C=O) groups is 1. The van der Waals surface area contributed by atoms with Crippen molar-refractivity contribution in [3.8, 4) is 0 Å². The second-order valence-electron chi connectivity index (χ2n) is 2.65. The van der Waals surface area contributed by atoms with E-state index >= 15 is 0 Å². The van der Waals surface area contributed by atoms with Crippen LogP contribution in [-0.4, -0.2) is 28.7 Å². The standard InChI is InChI=1S/C8H11N3O2S/c1-5-3-6(12)11-8(10-5)14-4-7(13)9-2/h3H,4H2,1-2H3,(H,9,13)(H,10,11,12). The summed E-state index contributed by atoms with van der Waals surface area (Å²) in [6, 6.07) is 1.41. The Labute approximate surface area is 85.3 Å². The van der Waals surface area contributed by atoms with Gasteiger partial charge in [0, 0.05) is 18.8 Å². The fourth-order valence-electron chi connectivity index (χ4n) is 0.826. The van der Waals surface area contributed by atoms with Gasteiger partial charge in [-0.25, -0.2) is 4.98 Å². The normalized spacial score (nSPS) is 9.86. The van der Waals surface area contributed by atoms with E-state index in [1.54, 1.807) is 14.0 Å². The monoisotopic (exact) mass is 213 g/mol. The van der Waals surface area contributed by atoms with Crippen LogP contribution in [0.4, 0.5) is 0 Å². The number of rotatable bonds is 3. The smallest absolute Gasteiger partial charge is 0.251 e. The zero-order chi connectivity index (χ0) is 10.6. The highest BCUT2D eigenvalue weighted by Crippen LogP contribution is 2.09. The molecule has 0 aliphatic carbocycles. The molecule has 0 saturated carbocycles. The van der Waals surface area contributed by atoms with Crippen LogP contribution in [0.15, 0.2) is 16.0 Å². The maximum absolute atomic E-state index is 11.0. The summed E-state index contributed by atoms with van der Waals surface area (Å²) in [5.74, 6) is 0.155. The lowest BCUT2D eigenvalue weighted by Gasteiger charge is -2.00. The maximum atomic E-state index is 11.0. The lowest BCUT2D eigenvalue weighted by atomic mass is 10.5. The molecule has 0 atom stereocenters. The highest BCUT2D eigenvalue weighted by Gasteiger charge is 2.02. The summed E-state index contributed by atoms with van der Waals surface area (Å²) < 4.78 is 0.